The summed E-state index contributed by atoms with van der Waals surface area (Å²) in [7, 11) is 0. The van der Waals surface area contributed by atoms with E-state index in [0.29, 0.717) is 32.7 Å². The molecular weight excluding hydrogens is 419 g/mol. The van der Waals surface area contributed by atoms with Gasteiger partial charge in [-0.1, -0.05) is 28.4 Å². The summed E-state index contributed by atoms with van der Waals surface area (Å²) in [5.41, 5.74) is 8.11. The third-order valence-corrected chi connectivity index (χ3v) is 4.66. The molecule has 1 aromatic carbocycles. The summed E-state index contributed by atoms with van der Waals surface area (Å²) in [6, 6.07) is 6.31. The molecule has 150 valence electrons. The van der Waals surface area contributed by atoms with Crippen LogP contribution in [0.25, 0.3) is 28.6 Å². The van der Waals surface area contributed by atoms with Crippen LogP contribution in [0.15, 0.2) is 35.0 Å². The first kappa shape index (κ1) is 19.6. The number of halogens is 2. The Balaban J connectivity index is 1.62. The Kier molecular flexibility index (Phi) is 5.37. The Hall–Kier alpha value is -2.72. The van der Waals surface area contributed by atoms with Crippen LogP contribution in [0, 0.1) is 6.92 Å². The third-order valence-electron chi connectivity index (χ3n) is 4.05. The number of hydrogen-bond acceptors (Lipinski definition) is 8. The van der Waals surface area contributed by atoms with E-state index in [2.05, 4.69) is 20.2 Å². The summed E-state index contributed by atoms with van der Waals surface area (Å²) < 4.78 is 12.5. The Morgan fingerprint density at radius 1 is 1.24 bits per heavy atom. The molecule has 9 nitrogen and oxygen atoms in total. The van der Waals surface area contributed by atoms with Gasteiger partial charge in [-0.05, 0) is 25.1 Å². The van der Waals surface area contributed by atoms with Crippen LogP contribution in [0.1, 0.15) is 5.69 Å². The van der Waals surface area contributed by atoms with Crippen LogP contribution in [0.5, 0.6) is 5.75 Å². The molecule has 3 aromatic heterocycles. The van der Waals surface area contributed by atoms with Gasteiger partial charge in [0.05, 0.1) is 34.6 Å². The van der Waals surface area contributed by atoms with E-state index in [9.17, 15) is 0 Å². The number of imidazole rings is 1. The van der Waals surface area contributed by atoms with Crippen molar-refractivity contribution >= 4 is 28.8 Å². The number of benzene rings is 1. The molecule has 0 radical (unpaired) electrons. The quantitative estimate of drug-likeness (QED) is 0.474. The maximum atomic E-state index is 8.98. The lowest BCUT2D eigenvalue weighted by Gasteiger charge is -2.13. The van der Waals surface area contributed by atoms with Crippen LogP contribution in [-0.2, 0) is 0 Å². The Morgan fingerprint density at radius 3 is 2.86 bits per heavy atom. The molecule has 0 saturated heterocycles. The van der Waals surface area contributed by atoms with E-state index < -0.39 is 6.04 Å². The molecule has 1 atom stereocenters. The second-order valence-corrected chi connectivity index (χ2v) is 7.16. The summed E-state index contributed by atoms with van der Waals surface area (Å²) in [6.07, 6.45) is 1.70. The Labute approximate surface area is 175 Å². The Bertz CT molecular complexity index is 1180. The summed E-state index contributed by atoms with van der Waals surface area (Å²) in [5, 5.41) is 17.9. The van der Waals surface area contributed by atoms with Crippen molar-refractivity contribution in [3.8, 4) is 28.7 Å². The van der Waals surface area contributed by atoms with Gasteiger partial charge in [-0.3, -0.25) is 0 Å². The molecule has 3 heterocycles. The second kappa shape index (κ2) is 7.96. The van der Waals surface area contributed by atoms with Crippen molar-refractivity contribution in [1.29, 1.82) is 0 Å². The first-order valence-corrected chi connectivity index (χ1v) is 9.36. The minimum Gasteiger partial charge on any atom is -0.490 e. The van der Waals surface area contributed by atoms with Gasteiger partial charge in [0.2, 0.25) is 5.82 Å². The highest BCUT2D eigenvalue weighted by Gasteiger charge is 2.18. The summed E-state index contributed by atoms with van der Waals surface area (Å²) >= 11 is 12.6. The van der Waals surface area contributed by atoms with E-state index in [4.69, 9.17) is 43.3 Å². The standard InChI is InChI=1S/C18H16Cl2N6O3/c1-9-2-3-16-22-14(6-26(16)24-9)18-23-17(25-29-18)11-4-13(20)15(5-12(11)19)28-8-10(21)7-27/h2-6,10,27H,7-8,21H2,1H3/t10-/m0/s1. The number of hydrogen-bond donors (Lipinski definition) is 2. The van der Waals surface area contributed by atoms with E-state index in [1.54, 1.807) is 16.8 Å². The third kappa shape index (κ3) is 4.03. The maximum absolute atomic E-state index is 8.98. The average molecular weight is 435 g/mol. The number of aliphatic hydroxyl groups is 1. The lowest BCUT2D eigenvalue weighted by atomic mass is 10.2. The molecule has 4 aromatic rings. The van der Waals surface area contributed by atoms with Crippen LogP contribution >= 0.6 is 23.2 Å². The van der Waals surface area contributed by atoms with Crippen molar-refractivity contribution in [2.75, 3.05) is 13.2 Å². The van der Waals surface area contributed by atoms with Gasteiger partial charge in [0, 0.05) is 11.6 Å². The first-order chi connectivity index (χ1) is 13.9. The van der Waals surface area contributed by atoms with Crippen LogP contribution in [0.3, 0.4) is 0 Å². The largest absolute Gasteiger partial charge is 0.490 e. The van der Waals surface area contributed by atoms with Crippen LogP contribution in [0.4, 0.5) is 0 Å². The molecule has 3 N–H and O–H groups in total. The molecule has 4 rings (SSSR count). The van der Waals surface area contributed by atoms with Crippen molar-refractivity contribution in [3.63, 3.8) is 0 Å². The van der Waals surface area contributed by atoms with E-state index in [-0.39, 0.29) is 24.9 Å². The van der Waals surface area contributed by atoms with Gasteiger partial charge in [-0.2, -0.15) is 10.1 Å². The van der Waals surface area contributed by atoms with Gasteiger partial charge in [-0.15, -0.1) is 0 Å². The highest BCUT2D eigenvalue weighted by atomic mass is 35.5. The second-order valence-electron chi connectivity index (χ2n) is 6.34. The highest BCUT2D eigenvalue weighted by molar-refractivity contribution is 6.36. The molecule has 0 aliphatic heterocycles. The smallest absolute Gasteiger partial charge is 0.278 e. The number of fused-ring (bicyclic) bond motifs is 1. The minimum atomic E-state index is -0.520. The monoisotopic (exact) mass is 434 g/mol. The van der Waals surface area contributed by atoms with Gasteiger partial charge < -0.3 is 20.1 Å². The average Bonchev–Trinajstić information content (AvgIpc) is 3.34. The number of nitrogens with zero attached hydrogens (tertiary/aromatic N) is 5. The zero-order chi connectivity index (χ0) is 20.5. The predicted molar refractivity (Wildman–Crippen MR) is 107 cm³/mol. The molecule has 0 bridgehead atoms. The first-order valence-electron chi connectivity index (χ1n) is 8.60. The Morgan fingerprint density at radius 2 is 2.07 bits per heavy atom. The summed E-state index contributed by atoms with van der Waals surface area (Å²) in [6.45, 7) is 1.79. The molecular formula is C18H16Cl2N6O3. The minimum absolute atomic E-state index is 0.0969. The summed E-state index contributed by atoms with van der Waals surface area (Å²) in [5.74, 6) is 0.825. The van der Waals surface area contributed by atoms with Gasteiger partial charge in [0.15, 0.2) is 5.65 Å². The van der Waals surface area contributed by atoms with E-state index in [0.717, 1.165) is 5.69 Å². The fraction of sp³-hybridized carbons (Fsp3) is 0.222. The fourth-order valence-electron chi connectivity index (χ4n) is 2.58. The normalized spacial score (nSPS) is 12.4. The van der Waals surface area contributed by atoms with Crippen LogP contribution in [-0.4, -0.2) is 49.1 Å². The lowest BCUT2D eigenvalue weighted by molar-refractivity contribution is 0.206. The van der Waals surface area contributed by atoms with Crippen LogP contribution in [0.2, 0.25) is 10.0 Å². The highest BCUT2D eigenvalue weighted by Crippen LogP contribution is 2.36. The number of aromatic nitrogens is 5. The molecule has 0 spiro atoms. The van der Waals surface area contributed by atoms with E-state index in [1.807, 2.05) is 19.1 Å². The maximum Gasteiger partial charge on any atom is 0.278 e. The number of ether oxygens (including phenoxy) is 1. The van der Waals surface area contributed by atoms with Crippen molar-refractivity contribution in [2.24, 2.45) is 5.73 Å². The van der Waals surface area contributed by atoms with Gasteiger partial charge in [-0.25, -0.2) is 9.50 Å². The SMILES string of the molecule is Cc1ccc2nc(-c3nc(-c4cc(Cl)c(OC[C@@H](N)CO)cc4Cl)no3)cn2n1. The molecule has 11 heteroatoms. The zero-order valence-electron chi connectivity index (χ0n) is 15.2. The van der Waals surface area contributed by atoms with E-state index in [1.165, 1.54) is 6.07 Å². The van der Waals surface area contributed by atoms with Gasteiger partial charge in [0.25, 0.3) is 5.89 Å². The topological polar surface area (TPSA) is 125 Å². The van der Waals surface area contributed by atoms with Gasteiger partial charge in [0.1, 0.15) is 18.1 Å². The molecule has 0 aliphatic carbocycles. The van der Waals surface area contributed by atoms with Gasteiger partial charge >= 0.3 is 0 Å². The molecule has 0 unspecified atom stereocenters. The molecule has 0 saturated carbocycles. The van der Waals surface area contributed by atoms with Crippen molar-refractivity contribution < 1.29 is 14.4 Å². The molecule has 29 heavy (non-hydrogen) atoms. The molecule has 0 amide bonds. The predicted octanol–water partition coefficient (Wildman–Crippen LogP) is 2.76. The number of aryl methyl sites for hydroxylation is 1. The zero-order valence-corrected chi connectivity index (χ0v) is 16.7. The molecule has 0 aliphatic rings. The van der Waals surface area contributed by atoms with Crippen molar-refractivity contribution in [2.45, 2.75) is 13.0 Å². The van der Waals surface area contributed by atoms with Crippen molar-refractivity contribution in [3.05, 3.63) is 46.2 Å². The number of aliphatic hydroxyl groups excluding tert-OH is 1. The fourth-order valence-corrected chi connectivity index (χ4v) is 3.03. The van der Waals surface area contributed by atoms with E-state index >= 15 is 0 Å². The lowest BCUT2D eigenvalue weighted by Crippen LogP contribution is -2.31. The number of nitrogens with two attached hydrogens (primary N) is 1. The van der Waals surface area contributed by atoms with Crippen LogP contribution < -0.4 is 10.5 Å². The number of rotatable bonds is 6. The van der Waals surface area contributed by atoms with Crippen molar-refractivity contribution in [1.82, 2.24) is 24.7 Å². The summed E-state index contributed by atoms with van der Waals surface area (Å²) in [4.78, 5) is 8.80. The molecule has 0 fully saturated rings.